The third-order valence-corrected chi connectivity index (χ3v) is 5.47. The maximum absolute atomic E-state index is 12.8. The van der Waals surface area contributed by atoms with E-state index in [4.69, 9.17) is 4.74 Å². The number of rotatable bonds is 6. The van der Waals surface area contributed by atoms with Crippen LogP contribution in [0.25, 0.3) is 0 Å². The summed E-state index contributed by atoms with van der Waals surface area (Å²) in [5, 5.41) is 0. The van der Waals surface area contributed by atoms with Crippen molar-refractivity contribution in [2.45, 2.75) is 70.8 Å². The minimum atomic E-state index is -0.498. The fraction of sp³-hybridized carbons (Fsp3) is 0.706. The van der Waals surface area contributed by atoms with E-state index >= 15 is 0 Å². The molecule has 1 aromatic rings. The summed E-state index contributed by atoms with van der Waals surface area (Å²) in [6, 6.07) is 4.26. The third kappa shape index (κ3) is 3.70. The Morgan fingerprint density at radius 1 is 1.15 bits per heavy atom. The number of ether oxygens (including phenoxy) is 1. The highest BCUT2D eigenvalue weighted by Gasteiger charge is 2.38. The van der Waals surface area contributed by atoms with Gasteiger partial charge in [-0.1, -0.05) is 32.6 Å². The van der Waals surface area contributed by atoms with Crippen LogP contribution in [0.2, 0.25) is 0 Å². The van der Waals surface area contributed by atoms with Crippen LogP contribution in [0.3, 0.4) is 0 Å². The Kier molecular flexibility index (Phi) is 5.79. The highest BCUT2D eigenvalue weighted by atomic mass is 32.1. The minimum absolute atomic E-state index is 0.297. The van der Waals surface area contributed by atoms with Gasteiger partial charge < -0.3 is 4.74 Å². The van der Waals surface area contributed by atoms with Crippen LogP contribution in [0.1, 0.15) is 62.1 Å². The highest BCUT2D eigenvalue weighted by Crippen LogP contribution is 2.33. The smallest absolute Gasteiger partial charge is 0.169 e. The monoisotopic (exact) mass is 294 g/mol. The van der Waals surface area contributed by atoms with E-state index in [-0.39, 0.29) is 0 Å². The number of Topliss-reactive ketones (excluding diaryl/α,β-unsaturated/α-hetero) is 1. The summed E-state index contributed by atoms with van der Waals surface area (Å²) < 4.78 is 5.97. The molecule has 0 spiro atoms. The van der Waals surface area contributed by atoms with Gasteiger partial charge in [-0.3, -0.25) is 4.79 Å². The van der Waals surface area contributed by atoms with E-state index in [0.29, 0.717) is 18.8 Å². The zero-order valence-corrected chi connectivity index (χ0v) is 13.6. The number of aryl methyl sites for hydroxylation is 1. The molecule has 1 saturated carbocycles. The predicted octanol–water partition coefficient (Wildman–Crippen LogP) is 4.55. The SMILES string of the molecule is CCOC1(C(=O)Cc2ccc(CC)s2)CCCCCC1. The maximum Gasteiger partial charge on any atom is 0.169 e. The van der Waals surface area contributed by atoms with E-state index in [9.17, 15) is 4.79 Å². The molecule has 0 saturated heterocycles. The second-order valence-corrected chi connectivity index (χ2v) is 6.92. The topological polar surface area (TPSA) is 26.3 Å². The van der Waals surface area contributed by atoms with E-state index in [0.717, 1.165) is 32.1 Å². The number of carbonyl (C=O) groups excluding carboxylic acids is 1. The number of ketones is 1. The first-order valence-electron chi connectivity index (χ1n) is 7.95. The van der Waals surface area contributed by atoms with Crippen LogP contribution in [0.4, 0.5) is 0 Å². The highest BCUT2D eigenvalue weighted by molar-refractivity contribution is 7.12. The van der Waals surface area contributed by atoms with Gasteiger partial charge in [0.25, 0.3) is 0 Å². The second kappa shape index (κ2) is 7.37. The molecule has 1 aliphatic carbocycles. The molecule has 0 bridgehead atoms. The van der Waals surface area contributed by atoms with E-state index in [1.807, 2.05) is 6.92 Å². The molecule has 1 heterocycles. The molecule has 0 radical (unpaired) electrons. The van der Waals surface area contributed by atoms with Gasteiger partial charge in [0.2, 0.25) is 0 Å². The molecule has 1 aromatic heterocycles. The molecule has 0 aliphatic heterocycles. The normalized spacial score (nSPS) is 18.7. The Morgan fingerprint density at radius 3 is 2.35 bits per heavy atom. The van der Waals surface area contributed by atoms with Crippen molar-refractivity contribution in [1.29, 1.82) is 0 Å². The number of hydrogen-bond acceptors (Lipinski definition) is 3. The lowest BCUT2D eigenvalue weighted by Gasteiger charge is -2.31. The van der Waals surface area contributed by atoms with Crippen LogP contribution < -0.4 is 0 Å². The molecule has 0 aromatic carbocycles. The van der Waals surface area contributed by atoms with Crippen LogP contribution in [0.5, 0.6) is 0 Å². The standard InChI is InChI=1S/C17H26O2S/c1-3-14-9-10-15(20-14)13-16(18)17(19-4-2)11-7-5-6-8-12-17/h9-10H,3-8,11-13H2,1-2H3. The lowest BCUT2D eigenvalue weighted by Crippen LogP contribution is -2.42. The van der Waals surface area contributed by atoms with E-state index < -0.39 is 5.60 Å². The molecule has 0 amide bonds. The molecule has 112 valence electrons. The van der Waals surface area contributed by atoms with Gasteiger partial charge in [-0.25, -0.2) is 0 Å². The van der Waals surface area contributed by atoms with Crippen molar-refractivity contribution in [3.8, 4) is 0 Å². The summed E-state index contributed by atoms with van der Waals surface area (Å²) in [6.45, 7) is 4.79. The van der Waals surface area contributed by atoms with Crippen molar-refractivity contribution in [2.75, 3.05) is 6.61 Å². The molecule has 2 rings (SSSR count). The largest absolute Gasteiger partial charge is 0.367 e. The Labute approximate surface area is 126 Å². The summed E-state index contributed by atoms with van der Waals surface area (Å²) in [4.78, 5) is 15.4. The Hall–Kier alpha value is -0.670. The summed E-state index contributed by atoms with van der Waals surface area (Å²) in [5.41, 5.74) is -0.498. The van der Waals surface area contributed by atoms with Crippen molar-refractivity contribution in [3.63, 3.8) is 0 Å². The summed E-state index contributed by atoms with van der Waals surface area (Å²) >= 11 is 1.77. The molecule has 2 nitrogen and oxygen atoms in total. The Balaban J connectivity index is 2.09. The molecular formula is C17H26O2S. The van der Waals surface area contributed by atoms with Gasteiger partial charge in [0.15, 0.2) is 5.78 Å². The first-order chi connectivity index (χ1) is 9.70. The fourth-order valence-electron chi connectivity index (χ4n) is 3.11. The molecule has 1 aliphatic rings. The molecule has 1 fully saturated rings. The van der Waals surface area contributed by atoms with Crippen molar-refractivity contribution in [3.05, 3.63) is 21.9 Å². The van der Waals surface area contributed by atoms with E-state index in [1.54, 1.807) is 11.3 Å². The Morgan fingerprint density at radius 2 is 1.80 bits per heavy atom. The van der Waals surface area contributed by atoms with Crippen LogP contribution in [0, 0.1) is 0 Å². The number of thiophene rings is 1. The van der Waals surface area contributed by atoms with E-state index in [2.05, 4.69) is 19.1 Å². The van der Waals surface area contributed by atoms with Crippen molar-refractivity contribution >= 4 is 17.1 Å². The van der Waals surface area contributed by atoms with Gasteiger partial charge in [-0.2, -0.15) is 0 Å². The maximum atomic E-state index is 12.8. The molecule has 0 N–H and O–H groups in total. The third-order valence-electron chi connectivity index (χ3n) is 4.24. The van der Waals surface area contributed by atoms with Gasteiger partial charge in [0.05, 0.1) is 0 Å². The van der Waals surface area contributed by atoms with Crippen LogP contribution >= 0.6 is 11.3 Å². The van der Waals surface area contributed by atoms with Crippen molar-refractivity contribution < 1.29 is 9.53 Å². The number of carbonyl (C=O) groups is 1. The first kappa shape index (κ1) is 15.7. The Bertz CT molecular complexity index is 428. The van der Waals surface area contributed by atoms with Gasteiger partial charge in [0, 0.05) is 22.8 Å². The van der Waals surface area contributed by atoms with Gasteiger partial charge in [0.1, 0.15) is 5.60 Å². The molecule has 0 atom stereocenters. The van der Waals surface area contributed by atoms with Crippen molar-refractivity contribution in [1.82, 2.24) is 0 Å². The van der Waals surface area contributed by atoms with E-state index in [1.165, 1.54) is 22.6 Å². The lowest BCUT2D eigenvalue weighted by atomic mass is 9.87. The minimum Gasteiger partial charge on any atom is -0.367 e. The zero-order valence-electron chi connectivity index (χ0n) is 12.7. The van der Waals surface area contributed by atoms with Crippen LogP contribution in [-0.4, -0.2) is 18.0 Å². The molecular weight excluding hydrogens is 268 g/mol. The van der Waals surface area contributed by atoms with Gasteiger partial charge >= 0.3 is 0 Å². The quantitative estimate of drug-likeness (QED) is 0.719. The van der Waals surface area contributed by atoms with Crippen molar-refractivity contribution in [2.24, 2.45) is 0 Å². The van der Waals surface area contributed by atoms with Crippen LogP contribution in [-0.2, 0) is 22.4 Å². The summed E-state index contributed by atoms with van der Waals surface area (Å²) in [5.74, 6) is 0.297. The number of hydrogen-bond donors (Lipinski definition) is 0. The predicted molar refractivity (Wildman–Crippen MR) is 84.5 cm³/mol. The fourth-order valence-corrected chi connectivity index (χ4v) is 4.06. The lowest BCUT2D eigenvalue weighted by molar-refractivity contribution is -0.145. The summed E-state index contributed by atoms with van der Waals surface area (Å²) in [6.07, 6.45) is 8.13. The molecule has 0 unspecified atom stereocenters. The zero-order chi connectivity index (χ0) is 14.4. The van der Waals surface area contributed by atoms with Gasteiger partial charge in [-0.15, -0.1) is 11.3 Å². The molecule has 20 heavy (non-hydrogen) atoms. The second-order valence-electron chi connectivity index (χ2n) is 5.66. The first-order valence-corrected chi connectivity index (χ1v) is 8.76. The average Bonchev–Trinajstić information content (AvgIpc) is 2.76. The van der Waals surface area contributed by atoms with Crippen LogP contribution in [0.15, 0.2) is 12.1 Å². The molecule has 3 heteroatoms. The van der Waals surface area contributed by atoms with Gasteiger partial charge in [-0.05, 0) is 38.3 Å². The average molecular weight is 294 g/mol. The summed E-state index contributed by atoms with van der Waals surface area (Å²) in [7, 11) is 0.